The van der Waals surface area contributed by atoms with E-state index in [1.807, 2.05) is 26.1 Å². The summed E-state index contributed by atoms with van der Waals surface area (Å²) in [5.41, 5.74) is 2.82. The summed E-state index contributed by atoms with van der Waals surface area (Å²) in [7, 11) is 0. The van der Waals surface area contributed by atoms with Crippen LogP contribution in [0.2, 0.25) is 0 Å². The van der Waals surface area contributed by atoms with Crippen LogP contribution in [0.5, 0.6) is 0 Å². The van der Waals surface area contributed by atoms with Gasteiger partial charge in [0.05, 0.1) is 0 Å². The number of aryl methyl sites for hydroxylation is 2. The van der Waals surface area contributed by atoms with Crippen molar-refractivity contribution < 1.29 is 8.78 Å². The van der Waals surface area contributed by atoms with E-state index in [2.05, 4.69) is 29.7 Å². The molecule has 5 rings (SSSR count). The summed E-state index contributed by atoms with van der Waals surface area (Å²) in [5.74, 6) is -0.417. The van der Waals surface area contributed by atoms with Gasteiger partial charge in [0.15, 0.2) is 17.3 Å². The van der Waals surface area contributed by atoms with Crippen LogP contribution in [0.25, 0.3) is 16.8 Å². The lowest BCUT2D eigenvalue weighted by atomic mass is 10.1. The zero-order chi connectivity index (χ0) is 21.5. The number of rotatable bonds is 4. The fourth-order valence-corrected chi connectivity index (χ4v) is 4.59. The number of aromatic nitrogens is 5. The van der Waals surface area contributed by atoms with E-state index in [1.165, 1.54) is 17.6 Å². The van der Waals surface area contributed by atoms with E-state index >= 15 is 0 Å². The Balaban J connectivity index is 1.36. The summed E-state index contributed by atoms with van der Waals surface area (Å²) < 4.78 is 33.1. The van der Waals surface area contributed by atoms with Crippen molar-refractivity contribution in [2.75, 3.05) is 23.3 Å². The Hall–Kier alpha value is -3.14. The van der Waals surface area contributed by atoms with Crippen molar-refractivity contribution in [2.24, 2.45) is 0 Å². The molecule has 31 heavy (non-hydrogen) atoms. The number of pyridine rings is 1. The highest BCUT2D eigenvalue weighted by atomic mass is 32.1. The maximum Gasteiger partial charge on any atom is 0.243 e. The number of benzene rings is 1. The standard InChI is InChI=1S/C21H21F2N7S/c1-12-9-16(14-3-4-17(22)18(23)10-14)19-26-20(27-30(19)11-12)25-15-5-7-29(8-6-15)21-24-13(2)28-31-21/h3-4,9-11,15H,5-8H2,1-2H3,(H,25,27). The monoisotopic (exact) mass is 441 g/mol. The van der Waals surface area contributed by atoms with Crippen molar-refractivity contribution in [3.63, 3.8) is 0 Å². The van der Waals surface area contributed by atoms with Crippen molar-refractivity contribution in [1.29, 1.82) is 0 Å². The van der Waals surface area contributed by atoms with Crippen molar-refractivity contribution >= 4 is 28.3 Å². The average molecular weight is 442 g/mol. The normalized spacial score (nSPS) is 15.0. The third-order valence-corrected chi connectivity index (χ3v) is 6.28. The highest BCUT2D eigenvalue weighted by Gasteiger charge is 2.23. The van der Waals surface area contributed by atoms with Gasteiger partial charge in [0.1, 0.15) is 5.82 Å². The number of anilines is 2. The highest BCUT2D eigenvalue weighted by molar-refractivity contribution is 7.09. The molecule has 1 saturated heterocycles. The van der Waals surface area contributed by atoms with Crippen molar-refractivity contribution in [3.8, 4) is 11.1 Å². The maximum atomic E-state index is 13.8. The van der Waals surface area contributed by atoms with Gasteiger partial charge in [-0.15, -0.1) is 5.10 Å². The largest absolute Gasteiger partial charge is 0.350 e. The Morgan fingerprint density at radius 2 is 1.87 bits per heavy atom. The number of piperidine rings is 1. The van der Waals surface area contributed by atoms with Gasteiger partial charge in [0.2, 0.25) is 11.1 Å². The van der Waals surface area contributed by atoms with Gasteiger partial charge >= 0.3 is 0 Å². The van der Waals surface area contributed by atoms with Gasteiger partial charge in [0.25, 0.3) is 0 Å². The van der Waals surface area contributed by atoms with Crippen LogP contribution in [0.1, 0.15) is 24.2 Å². The zero-order valence-electron chi connectivity index (χ0n) is 17.1. The smallest absolute Gasteiger partial charge is 0.243 e. The lowest BCUT2D eigenvalue weighted by Gasteiger charge is -2.31. The molecular formula is C21H21F2N7S. The Morgan fingerprint density at radius 1 is 1.06 bits per heavy atom. The van der Waals surface area contributed by atoms with E-state index in [0.29, 0.717) is 22.7 Å². The molecule has 0 unspecified atom stereocenters. The van der Waals surface area contributed by atoms with Crippen LogP contribution in [0.15, 0.2) is 30.5 Å². The molecule has 0 bridgehead atoms. The van der Waals surface area contributed by atoms with Gasteiger partial charge in [-0.2, -0.15) is 9.36 Å². The molecule has 0 aliphatic carbocycles. The third-order valence-electron chi connectivity index (χ3n) is 5.42. The first-order valence-corrected chi connectivity index (χ1v) is 10.9. The van der Waals surface area contributed by atoms with E-state index in [1.54, 1.807) is 10.6 Å². The molecule has 1 N–H and O–H groups in total. The first-order valence-electron chi connectivity index (χ1n) is 10.1. The summed E-state index contributed by atoms with van der Waals surface area (Å²) in [6.45, 7) is 5.61. The molecule has 1 aliphatic rings. The molecule has 0 atom stereocenters. The lowest BCUT2D eigenvalue weighted by molar-refractivity contribution is 0.509. The quantitative estimate of drug-likeness (QED) is 0.511. The van der Waals surface area contributed by atoms with Crippen LogP contribution in [-0.2, 0) is 0 Å². The van der Waals surface area contributed by atoms with Crippen molar-refractivity contribution in [2.45, 2.75) is 32.7 Å². The summed E-state index contributed by atoms with van der Waals surface area (Å²) >= 11 is 1.43. The van der Waals surface area contributed by atoms with Crippen LogP contribution in [-0.4, -0.2) is 43.1 Å². The van der Waals surface area contributed by atoms with E-state index < -0.39 is 11.6 Å². The Labute approximate surface area is 181 Å². The topological polar surface area (TPSA) is 71.2 Å². The van der Waals surface area contributed by atoms with Gasteiger partial charge in [0, 0.05) is 42.4 Å². The van der Waals surface area contributed by atoms with Gasteiger partial charge in [-0.05, 0) is 56.0 Å². The minimum Gasteiger partial charge on any atom is -0.350 e. The van der Waals surface area contributed by atoms with Crippen molar-refractivity contribution in [1.82, 2.24) is 24.0 Å². The predicted molar refractivity (Wildman–Crippen MR) is 117 cm³/mol. The molecule has 0 saturated carbocycles. The maximum absolute atomic E-state index is 13.8. The molecule has 4 heterocycles. The summed E-state index contributed by atoms with van der Waals surface area (Å²) in [6.07, 6.45) is 3.74. The molecular weight excluding hydrogens is 420 g/mol. The molecule has 4 aromatic rings. The Kier molecular flexibility index (Phi) is 5.01. The molecule has 0 spiro atoms. The van der Waals surface area contributed by atoms with E-state index in [9.17, 15) is 8.78 Å². The molecule has 1 aromatic carbocycles. The number of hydrogen-bond acceptors (Lipinski definition) is 7. The van der Waals surface area contributed by atoms with Gasteiger partial charge in [-0.3, -0.25) is 0 Å². The van der Waals surface area contributed by atoms with Crippen LogP contribution in [0.3, 0.4) is 0 Å². The first-order chi connectivity index (χ1) is 15.0. The number of hydrogen-bond donors (Lipinski definition) is 1. The fourth-order valence-electron chi connectivity index (χ4n) is 3.87. The molecule has 10 heteroatoms. The van der Waals surface area contributed by atoms with Crippen molar-refractivity contribution in [3.05, 3.63) is 53.5 Å². The second kappa shape index (κ2) is 7.84. The minimum absolute atomic E-state index is 0.246. The van der Waals surface area contributed by atoms with E-state index in [4.69, 9.17) is 0 Å². The Morgan fingerprint density at radius 3 is 2.58 bits per heavy atom. The number of nitrogens with one attached hydrogen (secondary N) is 1. The lowest BCUT2D eigenvalue weighted by Crippen LogP contribution is -2.39. The van der Waals surface area contributed by atoms with Crippen LogP contribution >= 0.6 is 11.5 Å². The predicted octanol–water partition coefficient (Wildman–Crippen LogP) is 4.22. The first kappa shape index (κ1) is 19.8. The van der Waals surface area contributed by atoms with Crippen LogP contribution in [0.4, 0.5) is 19.9 Å². The molecule has 1 aliphatic heterocycles. The second-order valence-corrected chi connectivity index (χ2v) is 8.52. The highest BCUT2D eigenvalue weighted by Crippen LogP contribution is 2.28. The number of nitrogens with zero attached hydrogens (tertiary/aromatic N) is 6. The fraction of sp³-hybridized carbons (Fsp3) is 0.333. The number of fused-ring (bicyclic) bond motifs is 1. The van der Waals surface area contributed by atoms with Gasteiger partial charge in [-0.1, -0.05) is 6.07 Å². The number of halogens is 2. The summed E-state index contributed by atoms with van der Waals surface area (Å²) in [6, 6.07) is 6.03. The molecule has 160 valence electrons. The van der Waals surface area contributed by atoms with Gasteiger partial charge < -0.3 is 10.2 Å². The summed E-state index contributed by atoms with van der Waals surface area (Å²) in [5, 5.41) is 8.96. The third kappa shape index (κ3) is 3.95. The second-order valence-electron chi connectivity index (χ2n) is 7.79. The zero-order valence-corrected chi connectivity index (χ0v) is 18.0. The molecule has 0 amide bonds. The molecule has 7 nitrogen and oxygen atoms in total. The SMILES string of the molecule is Cc1cc(-c2ccc(F)c(F)c2)c2nc(NC3CCN(c4nc(C)ns4)CC3)nn2c1. The molecule has 0 radical (unpaired) electrons. The molecule has 3 aromatic heterocycles. The van der Waals surface area contributed by atoms with Crippen LogP contribution in [0, 0.1) is 25.5 Å². The van der Waals surface area contributed by atoms with Crippen LogP contribution < -0.4 is 10.2 Å². The Bertz CT molecular complexity index is 1240. The minimum atomic E-state index is -0.882. The van der Waals surface area contributed by atoms with E-state index in [0.717, 1.165) is 48.5 Å². The van der Waals surface area contributed by atoms with Gasteiger partial charge in [-0.25, -0.2) is 18.3 Å². The summed E-state index contributed by atoms with van der Waals surface area (Å²) in [4.78, 5) is 11.4. The molecule has 1 fully saturated rings. The van der Waals surface area contributed by atoms with E-state index in [-0.39, 0.29) is 6.04 Å². The average Bonchev–Trinajstić information content (AvgIpc) is 3.36.